The summed E-state index contributed by atoms with van der Waals surface area (Å²) in [7, 11) is 0. The molecule has 2 N–H and O–H groups in total. The topological polar surface area (TPSA) is 109 Å². The molecule has 4 aromatic rings. The lowest BCUT2D eigenvalue weighted by molar-refractivity contribution is 0.0608. The van der Waals surface area contributed by atoms with Crippen molar-refractivity contribution in [3.63, 3.8) is 0 Å². The van der Waals surface area contributed by atoms with E-state index in [-0.39, 0.29) is 24.1 Å². The number of aromatic nitrogens is 3. The van der Waals surface area contributed by atoms with Gasteiger partial charge in [0, 0.05) is 24.3 Å². The van der Waals surface area contributed by atoms with E-state index in [4.69, 9.17) is 5.11 Å². The predicted molar refractivity (Wildman–Crippen MR) is 150 cm³/mol. The average molecular weight is 530 g/mol. The Kier molecular flexibility index (Phi) is 8.49. The summed E-state index contributed by atoms with van der Waals surface area (Å²) in [6.45, 7) is 8.66. The quantitative estimate of drug-likeness (QED) is 0.291. The van der Waals surface area contributed by atoms with Crippen LogP contribution in [0.1, 0.15) is 59.2 Å². The molecule has 0 aliphatic heterocycles. The molecule has 9 nitrogen and oxygen atoms in total. The van der Waals surface area contributed by atoms with Crippen molar-refractivity contribution in [3.05, 3.63) is 105 Å². The van der Waals surface area contributed by atoms with Gasteiger partial charge in [0.1, 0.15) is 0 Å². The van der Waals surface area contributed by atoms with Crippen LogP contribution in [0.2, 0.25) is 0 Å². The molecular formula is C30H35N5O4. The number of hydrogen-bond donors (Lipinski definition) is 2. The molecule has 0 aliphatic rings. The van der Waals surface area contributed by atoms with Crippen molar-refractivity contribution in [1.29, 1.82) is 0 Å². The van der Waals surface area contributed by atoms with Crippen molar-refractivity contribution in [2.75, 3.05) is 13.1 Å². The number of nitrogens with one attached hydrogen (secondary N) is 1. The molecule has 1 atom stereocenters. The van der Waals surface area contributed by atoms with Gasteiger partial charge in [-0.05, 0) is 56.0 Å². The fraction of sp³-hybridized carbons (Fsp3) is 0.333. The summed E-state index contributed by atoms with van der Waals surface area (Å²) in [4.78, 5) is 40.7. The largest absolute Gasteiger partial charge is 0.465 e. The molecule has 2 amide bonds. The minimum atomic E-state index is -1.11. The Morgan fingerprint density at radius 3 is 2.44 bits per heavy atom. The van der Waals surface area contributed by atoms with Crippen molar-refractivity contribution < 1.29 is 14.7 Å². The normalized spacial score (nSPS) is 12.0. The van der Waals surface area contributed by atoms with E-state index in [1.165, 1.54) is 4.52 Å². The molecule has 0 radical (unpaired) electrons. The third-order valence-electron chi connectivity index (χ3n) is 6.71. The van der Waals surface area contributed by atoms with Crippen molar-refractivity contribution in [2.45, 2.75) is 46.7 Å². The molecule has 2 heterocycles. The molecule has 0 saturated carbocycles. The lowest BCUT2D eigenvalue weighted by atomic mass is 9.96. The molecule has 39 heavy (non-hydrogen) atoms. The molecule has 0 fully saturated rings. The van der Waals surface area contributed by atoms with Crippen LogP contribution in [0.25, 0.3) is 5.52 Å². The maximum Gasteiger partial charge on any atom is 0.404 e. The molecular weight excluding hydrogens is 494 g/mol. The third-order valence-corrected chi connectivity index (χ3v) is 6.71. The van der Waals surface area contributed by atoms with Crippen LogP contribution in [-0.2, 0) is 6.54 Å². The Morgan fingerprint density at radius 1 is 1.03 bits per heavy atom. The van der Waals surface area contributed by atoms with E-state index in [1.54, 1.807) is 15.5 Å². The Labute approximate surface area is 227 Å². The van der Waals surface area contributed by atoms with Crippen LogP contribution in [0, 0.1) is 19.8 Å². The van der Waals surface area contributed by atoms with E-state index >= 15 is 0 Å². The van der Waals surface area contributed by atoms with Gasteiger partial charge in [-0.1, -0.05) is 61.9 Å². The highest BCUT2D eigenvalue weighted by Gasteiger charge is 2.32. The van der Waals surface area contributed by atoms with Gasteiger partial charge in [0.15, 0.2) is 0 Å². The SMILES string of the molecule is Cc1cccc(C(=O)N(CCCNC(=O)O)C(c2cc3cc(C)nn3c(=O)n2Cc2ccccc2)C(C)C)c1. The lowest BCUT2D eigenvalue weighted by Gasteiger charge is -2.36. The van der Waals surface area contributed by atoms with E-state index in [1.807, 2.05) is 88.4 Å². The first-order chi connectivity index (χ1) is 18.7. The van der Waals surface area contributed by atoms with Crippen LogP contribution in [-0.4, -0.2) is 49.3 Å². The Hall–Kier alpha value is -4.40. The van der Waals surface area contributed by atoms with E-state index in [0.717, 1.165) is 16.8 Å². The maximum absolute atomic E-state index is 14.1. The van der Waals surface area contributed by atoms with Crippen LogP contribution in [0.5, 0.6) is 0 Å². The van der Waals surface area contributed by atoms with E-state index in [9.17, 15) is 14.4 Å². The number of fused-ring (bicyclic) bond motifs is 1. The zero-order chi connectivity index (χ0) is 28.1. The van der Waals surface area contributed by atoms with E-state index < -0.39 is 12.1 Å². The van der Waals surface area contributed by atoms with Crippen LogP contribution in [0.15, 0.2) is 71.5 Å². The van der Waals surface area contributed by atoms with Crippen molar-refractivity contribution in [2.24, 2.45) is 5.92 Å². The molecule has 2 aromatic heterocycles. The molecule has 9 heteroatoms. The second-order valence-corrected chi connectivity index (χ2v) is 10.2. The minimum absolute atomic E-state index is 0.0564. The number of benzene rings is 2. The Balaban J connectivity index is 1.87. The van der Waals surface area contributed by atoms with Crippen LogP contribution >= 0.6 is 0 Å². The first kappa shape index (κ1) is 27.6. The summed E-state index contributed by atoms with van der Waals surface area (Å²) < 4.78 is 3.11. The number of aryl methyl sites for hydroxylation is 2. The van der Waals surface area contributed by atoms with Gasteiger partial charge < -0.3 is 15.3 Å². The summed E-state index contributed by atoms with van der Waals surface area (Å²) in [5.41, 5.74) is 4.28. The number of carboxylic acid groups (broad SMARTS) is 1. The maximum atomic E-state index is 14.1. The predicted octanol–water partition coefficient (Wildman–Crippen LogP) is 4.66. The molecule has 204 valence electrons. The third kappa shape index (κ3) is 6.37. The highest BCUT2D eigenvalue weighted by Crippen LogP contribution is 2.31. The number of rotatable bonds is 10. The monoisotopic (exact) mass is 529 g/mol. The van der Waals surface area contributed by atoms with Gasteiger partial charge >= 0.3 is 11.8 Å². The second-order valence-electron chi connectivity index (χ2n) is 10.2. The molecule has 0 spiro atoms. The average Bonchev–Trinajstić information content (AvgIpc) is 3.28. The van der Waals surface area contributed by atoms with Crippen molar-refractivity contribution in [1.82, 2.24) is 24.4 Å². The van der Waals surface area contributed by atoms with Crippen LogP contribution in [0.4, 0.5) is 4.79 Å². The standard InChI is InChI=1S/C30H35N5O4/c1-20(2)27(33(15-9-14-31-29(37)38)28(36)24-13-8-10-21(3)16-24)26-18-25-17-22(4)32-35(25)30(39)34(26)19-23-11-6-5-7-12-23/h5-8,10-13,16-18,20,27,31H,9,14-15,19H2,1-4H3,(H,37,38). The first-order valence-electron chi connectivity index (χ1n) is 13.1. The molecule has 4 rings (SSSR count). The Morgan fingerprint density at radius 2 is 1.77 bits per heavy atom. The highest BCUT2D eigenvalue weighted by molar-refractivity contribution is 5.94. The van der Waals surface area contributed by atoms with Crippen molar-refractivity contribution >= 4 is 17.5 Å². The summed E-state index contributed by atoms with van der Waals surface area (Å²) in [5, 5.41) is 15.8. The molecule has 2 aromatic carbocycles. The highest BCUT2D eigenvalue weighted by atomic mass is 16.4. The lowest BCUT2D eigenvalue weighted by Crippen LogP contribution is -2.42. The smallest absolute Gasteiger partial charge is 0.404 e. The summed E-state index contributed by atoms with van der Waals surface area (Å²) in [6.07, 6.45) is -0.686. The number of carbonyl (C=O) groups is 2. The molecule has 1 unspecified atom stereocenters. The molecule has 0 bridgehead atoms. The fourth-order valence-corrected chi connectivity index (χ4v) is 5.02. The van der Waals surface area contributed by atoms with Gasteiger partial charge in [-0.3, -0.25) is 9.36 Å². The number of amides is 2. The molecule has 0 saturated heterocycles. The van der Waals surface area contributed by atoms with Gasteiger partial charge in [0.05, 0.1) is 23.8 Å². The summed E-state index contributed by atoms with van der Waals surface area (Å²) in [6, 6.07) is 20.5. The summed E-state index contributed by atoms with van der Waals surface area (Å²) in [5.74, 6) is -0.227. The number of hydrogen-bond acceptors (Lipinski definition) is 4. The van der Waals surface area contributed by atoms with Gasteiger partial charge in [-0.15, -0.1) is 0 Å². The fourth-order valence-electron chi connectivity index (χ4n) is 5.02. The van der Waals surface area contributed by atoms with Gasteiger partial charge in [-0.2, -0.15) is 9.61 Å². The van der Waals surface area contributed by atoms with Crippen molar-refractivity contribution in [3.8, 4) is 0 Å². The van der Waals surface area contributed by atoms with Crippen LogP contribution in [0.3, 0.4) is 0 Å². The second kappa shape index (κ2) is 12.0. The first-order valence-corrected chi connectivity index (χ1v) is 13.1. The Bertz CT molecular complexity index is 1520. The van der Waals surface area contributed by atoms with Gasteiger partial charge in [0.2, 0.25) is 0 Å². The molecule has 0 aliphatic carbocycles. The van der Waals surface area contributed by atoms with Gasteiger partial charge in [0.25, 0.3) is 5.91 Å². The van der Waals surface area contributed by atoms with E-state index in [0.29, 0.717) is 36.3 Å². The zero-order valence-electron chi connectivity index (χ0n) is 22.8. The number of carbonyl (C=O) groups excluding carboxylic acids is 1. The van der Waals surface area contributed by atoms with Gasteiger partial charge in [-0.25, -0.2) is 9.59 Å². The summed E-state index contributed by atoms with van der Waals surface area (Å²) >= 11 is 0. The minimum Gasteiger partial charge on any atom is -0.465 e. The van der Waals surface area contributed by atoms with Crippen LogP contribution < -0.4 is 11.0 Å². The zero-order valence-corrected chi connectivity index (χ0v) is 22.8. The van der Waals surface area contributed by atoms with E-state index in [2.05, 4.69) is 10.4 Å². The number of nitrogens with zero attached hydrogens (tertiary/aromatic N) is 4.